The Morgan fingerprint density at radius 3 is 3.17 bits per heavy atom. The van der Waals surface area contributed by atoms with Gasteiger partial charge in [-0.3, -0.25) is 0 Å². The summed E-state index contributed by atoms with van der Waals surface area (Å²) in [7, 11) is 0. The minimum absolute atomic E-state index is 0.493. The van der Waals surface area contributed by atoms with Gasteiger partial charge in [-0.1, -0.05) is 11.3 Å². The molecular formula is C15H18N6OS. The molecule has 120 valence electrons. The van der Waals surface area contributed by atoms with Gasteiger partial charge in [0.2, 0.25) is 0 Å². The predicted molar refractivity (Wildman–Crippen MR) is 88.1 cm³/mol. The fourth-order valence-electron chi connectivity index (χ4n) is 2.94. The number of piperidine rings is 1. The summed E-state index contributed by atoms with van der Waals surface area (Å²) < 4.78 is 7.58. The van der Waals surface area contributed by atoms with E-state index in [1.807, 2.05) is 24.4 Å². The highest BCUT2D eigenvalue weighted by Gasteiger charge is 2.22. The number of nitrogens with zero attached hydrogens (tertiary/aromatic N) is 6. The van der Waals surface area contributed by atoms with E-state index < -0.39 is 0 Å². The van der Waals surface area contributed by atoms with Crippen LogP contribution in [0.5, 0.6) is 5.19 Å². The summed E-state index contributed by atoms with van der Waals surface area (Å²) in [5, 5.41) is 15.5. The van der Waals surface area contributed by atoms with Gasteiger partial charge in [-0.2, -0.15) is 4.52 Å². The molecule has 0 spiro atoms. The van der Waals surface area contributed by atoms with Crippen molar-refractivity contribution in [3.63, 3.8) is 0 Å². The quantitative estimate of drug-likeness (QED) is 0.730. The number of anilines is 1. The van der Waals surface area contributed by atoms with Crippen LogP contribution in [0.1, 0.15) is 18.7 Å². The highest BCUT2D eigenvalue weighted by Crippen LogP contribution is 2.23. The molecule has 0 aromatic carbocycles. The summed E-state index contributed by atoms with van der Waals surface area (Å²) in [5.41, 5.74) is 0.784. The largest absolute Gasteiger partial charge is 0.470 e. The Hall–Kier alpha value is -2.22. The summed E-state index contributed by atoms with van der Waals surface area (Å²) in [6.45, 7) is 4.59. The summed E-state index contributed by atoms with van der Waals surface area (Å²) in [5.74, 6) is 2.27. The van der Waals surface area contributed by atoms with E-state index >= 15 is 0 Å². The van der Waals surface area contributed by atoms with Crippen LogP contribution in [0.4, 0.5) is 5.82 Å². The zero-order valence-electron chi connectivity index (χ0n) is 12.9. The zero-order chi connectivity index (χ0) is 15.6. The van der Waals surface area contributed by atoms with Gasteiger partial charge in [-0.25, -0.2) is 4.98 Å². The van der Waals surface area contributed by atoms with E-state index in [4.69, 9.17) is 4.74 Å². The fraction of sp³-hybridized carbons (Fsp3) is 0.467. The third-order valence-electron chi connectivity index (χ3n) is 4.10. The molecule has 0 radical (unpaired) electrons. The van der Waals surface area contributed by atoms with Crippen LogP contribution in [0.15, 0.2) is 23.7 Å². The Morgan fingerprint density at radius 2 is 2.30 bits per heavy atom. The number of hydrogen-bond donors (Lipinski definition) is 0. The van der Waals surface area contributed by atoms with E-state index in [0.717, 1.165) is 42.0 Å². The van der Waals surface area contributed by atoms with E-state index in [0.29, 0.717) is 12.5 Å². The van der Waals surface area contributed by atoms with Crippen molar-refractivity contribution in [3.8, 4) is 5.19 Å². The molecule has 0 saturated carbocycles. The number of ether oxygens (including phenoxy) is 1. The maximum Gasteiger partial charge on any atom is 0.273 e. The second-order valence-electron chi connectivity index (χ2n) is 5.77. The molecule has 1 fully saturated rings. The van der Waals surface area contributed by atoms with Gasteiger partial charge in [-0.15, -0.1) is 15.3 Å². The van der Waals surface area contributed by atoms with E-state index in [2.05, 4.69) is 25.2 Å². The SMILES string of the molecule is Cc1nnc2ccc(N3CCCC(COc4nccs4)C3)nn12. The van der Waals surface area contributed by atoms with Gasteiger partial charge in [0.15, 0.2) is 11.5 Å². The maximum absolute atomic E-state index is 5.78. The lowest BCUT2D eigenvalue weighted by Gasteiger charge is -2.33. The Kier molecular flexibility index (Phi) is 3.82. The second-order valence-corrected chi connectivity index (χ2v) is 6.63. The zero-order valence-corrected chi connectivity index (χ0v) is 13.7. The molecule has 1 unspecified atom stereocenters. The second kappa shape index (κ2) is 6.11. The van der Waals surface area contributed by atoms with E-state index in [-0.39, 0.29) is 0 Å². The highest BCUT2D eigenvalue weighted by molar-refractivity contribution is 7.11. The highest BCUT2D eigenvalue weighted by atomic mass is 32.1. The van der Waals surface area contributed by atoms with Gasteiger partial charge in [0, 0.05) is 30.6 Å². The molecule has 1 saturated heterocycles. The molecule has 1 aliphatic rings. The minimum Gasteiger partial charge on any atom is -0.470 e. The van der Waals surface area contributed by atoms with Crippen LogP contribution < -0.4 is 9.64 Å². The van der Waals surface area contributed by atoms with Crippen molar-refractivity contribution in [2.24, 2.45) is 5.92 Å². The molecule has 1 atom stereocenters. The first-order chi connectivity index (χ1) is 11.3. The van der Waals surface area contributed by atoms with Crippen molar-refractivity contribution in [3.05, 3.63) is 29.5 Å². The summed E-state index contributed by atoms with van der Waals surface area (Å²) >= 11 is 1.54. The first kappa shape index (κ1) is 14.4. The lowest BCUT2D eigenvalue weighted by atomic mass is 9.99. The molecule has 4 rings (SSSR count). The van der Waals surface area contributed by atoms with Crippen molar-refractivity contribution in [2.75, 3.05) is 24.6 Å². The van der Waals surface area contributed by atoms with Crippen molar-refractivity contribution in [2.45, 2.75) is 19.8 Å². The maximum atomic E-state index is 5.78. The molecule has 3 aromatic rings. The lowest BCUT2D eigenvalue weighted by molar-refractivity contribution is 0.227. The number of aromatic nitrogens is 5. The summed E-state index contributed by atoms with van der Waals surface area (Å²) in [4.78, 5) is 6.49. The summed E-state index contributed by atoms with van der Waals surface area (Å²) in [6, 6.07) is 3.99. The predicted octanol–water partition coefficient (Wildman–Crippen LogP) is 2.18. The Balaban J connectivity index is 1.46. The molecule has 0 aliphatic carbocycles. The van der Waals surface area contributed by atoms with Crippen molar-refractivity contribution >= 4 is 22.8 Å². The van der Waals surface area contributed by atoms with Crippen LogP contribution in [-0.2, 0) is 0 Å². The Labute approximate surface area is 137 Å². The number of hydrogen-bond acceptors (Lipinski definition) is 7. The van der Waals surface area contributed by atoms with Crippen LogP contribution in [0.3, 0.4) is 0 Å². The molecule has 8 heteroatoms. The standard InChI is InChI=1S/C15H18N6OS/c1-11-17-18-13-4-5-14(19-21(11)13)20-7-2-3-12(9-20)10-22-15-16-6-8-23-15/h4-6,8,12H,2-3,7,9-10H2,1H3. The first-order valence-electron chi connectivity index (χ1n) is 7.76. The topological polar surface area (TPSA) is 68.4 Å². The molecule has 0 N–H and O–H groups in total. The van der Waals surface area contributed by atoms with Gasteiger partial charge in [0.05, 0.1) is 6.61 Å². The number of aryl methyl sites for hydroxylation is 1. The van der Waals surface area contributed by atoms with Gasteiger partial charge < -0.3 is 9.64 Å². The minimum atomic E-state index is 0.493. The number of fused-ring (bicyclic) bond motifs is 1. The summed E-state index contributed by atoms with van der Waals surface area (Å²) in [6.07, 6.45) is 4.09. The van der Waals surface area contributed by atoms with Crippen LogP contribution in [0, 0.1) is 12.8 Å². The van der Waals surface area contributed by atoms with Crippen molar-refractivity contribution in [1.29, 1.82) is 0 Å². The average Bonchev–Trinajstić information content (AvgIpc) is 3.23. The molecular weight excluding hydrogens is 312 g/mol. The average molecular weight is 330 g/mol. The van der Waals surface area contributed by atoms with E-state index in [1.54, 1.807) is 10.7 Å². The molecule has 0 bridgehead atoms. The van der Waals surface area contributed by atoms with Crippen LogP contribution in [-0.4, -0.2) is 44.5 Å². The van der Waals surface area contributed by atoms with Gasteiger partial charge in [0.25, 0.3) is 5.19 Å². The third-order valence-corrected chi connectivity index (χ3v) is 4.78. The molecule has 4 heterocycles. The first-order valence-corrected chi connectivity index (χ1v) is 8.64. The van der Waals surface area contributed by atoms with Crippen molar-refractivity contribution in [1.82, 2.24) is 24.8 Å². The normalized spacial score (nSPS) is 18.5. The monoisotopic (exact) mass is 330 g/mol. The Bertz CT molecular complexity index is 786. The van der Waals surface area contributed by atoms with Crippen LogP contribution in [0.2, 0.25) is 0 Å². The molecule has 1 aliphatic heterocycles. The number of rotatable bonds is 4. The molecule has 3 aromatic heterocycles. The molecule has 0 amide bonds. The fourth-order valence-corrected chi connectivity index (χ4v) is 3.43. The third kappa shape index (κ3) is 2.98. The molecule has 23 heavy (non-hydrogen) atoms. The lowest BCUT2D eigenvalue weighted by Crippen LogP contribution is -2.38. The Morgan fingerprint density at radius 1 is 1.35 bits per heavy atom. The van der Waals surface area contributed by atoms with E-state index in [1.165, 1.54) is 17.8 Å². The van der Waals surface area contributed by atoms with Crippen LogP contribution in [0.25, 0.3) is 5.65 Å². The van der Waals surface area contributed by atoms with Crippen LogP contribution >= 0.6 is 11.3 Å². The van der Waals surface area contributed by atoms with Crippen molar-refractivity contribution < 1.29 is 4.74 Å². The smallest absolute Gasteiger partial charge is 0.273 e. The van der Waals surface area contributed by atoms with Gasteiger partial charge in [-0.05, 0) is 31.9 Å². The van der Waals surface area contributed by atoms with E-state index in [9.17, 15) is 0 Å². The van der Waals surface area contributed by atoms with Gasteiger partial charge in [0.1, 0.15) is 5.82 Å². The number of thiazole rings is 1. The van der Waals surface area contributed by atoms with Gasteiger partial charge >= 0.3 is 0 Å². The molecule has 7 nitrogen and oxygen atoms in total.